The van der Waals surface area contributed by atoms with E-state index >= 15 is 0 Å². The van der Waals surface area contributed by atoms with Gasteiger partial charge in [-0.15, -0.1) is 5.10 Å². The first-order chi connectivity index (χ1) is 15.6. The van der Waals surface area contributed by atoms with Gasteiger partial charge in [-0.2, -0.15) is 18.3 Å². The highest BCUT2D eigenvalue weighted by molar-refractivity contribution is 14.1. The Morgan fingerprint density at radius 2 is 1.97 bits per heavy atom. The zero-order valence-electron chi connectivity index (χ0n) is 18.2. The molecule has 174 valence electrons. The molecule has 7 nitrogen and oxygen atoms in total. The third-order valence-corrected chi connectivity index (χ3v) is 7.15. The van der Waals surface area contributed by atoms with Crippen LogP contribution in [0.3, 0.4) is 0 Å². The standard InChI is InChI=1S/C22H22F3IN6O/c1-13(33)30-7-5-19-17(12-30)21(28-32(19)26)31-6-3-4-14-8-16(15-10-27-29(2)11-15)18(9-20(14)31)22(23,24)25/h8-11H,3-7,12H2,1-2H3. The van der Waals surface area contributed by atoms with Crippen LogP contribution in [0.2, 0.25) is 0 Å². The zero-order chi connectivity index (χ0) is 23.5. The highest BCUT2D eigenvalue weighted by atomic mass is 127. The van der Waals surface area contributed by atoms with E-state index in [4.69, 9.17) is 0 Å². The summed E-state index contributed by atoms with van der Waals surface area (Å²) in [6.45, 7) is 3.12. The Kier molecular flexibility index (Phi) is 5.41. The molecule has 1 amide bonds. The lowest BCUT2D eigenvalue weighted by Crippen LogP contribution is -2.35. The Morgan fingerprint density at radius 3 is 2.64 bits per heavy atom. The molecule has 0 saturated carbocycles. The van der Waals surface area contributed by atoms with E-state index < -0.39 is 11.7 Å². The van der Waals surface area contributed by atoms with Gasteiger partial charge in [0.2, 0.25) is 5.91 Å². The molecule has 3 aromatic rings. The molecular weight excluding hydrogens is 548 g/mol. The largest absolute Gasteiger partial charge is 0.417 e. The van der Waals surface area contributed by atoms with Gasteiger partial charge in [-0.3, -0.25) is 9.48 Å². The molecular formula is C22H22F3IN6O. The predicted octanol–water partition coefficient (Wildman–Crippen LogP) is 4.49. The molecule has 0 radical (unpaired) electrons. The van der Waals surface area contributed by atoms with Crippen molar-refractivity contribution < 1.29 is 18.0 Å². The maximum absolute atomic E-state index is 14.1. The summed E-state index contributed by atoms with van der Waals surface area (Å²) < 4.78 is 45.7. The topological polar surface area (TPSA) is 59.2 Å². The maximum Gasteiger partial charge on any atom is 0.417 e. The third kappa shape index (κ3) is 3.89. The number of aromatic nitrogens is 4. The van der Waals surface area contributed by atoms with E-state index in [9.17, 15) is 18.0 Å². The number of halogens is 4. The summed E-state index contributed by atoms with van der Waals surface area (Å²) >= 11 is 2.11. The molecule has 33 heavy (non-hydrogen) atoms. The van der Waals surface area contributed by atoms with Crippen molar-refractivity contribution in [3.8, 4) is 11.1 Å². The van der Waals surface area contributed by atoms with Crippen LogP contribution in [0.5, 0.6) is 0 Å². The van der Waals surface area contributed by atoms with Crippen molar-refractivity contribution in [2.45, 2.75) is 38.9 Å². The van der Waals surface area contributed by atoms with Gasteiger partial charge in [-0.05, 0) is 36.1 Å². The van der Waals surface area contributed by atoms with Crippen LogP contribution < -0.4 is 4.90 Å². The number of carbonyl (C=O) groups is 1. The Morgan fingerprint density at radius 1 is 1.18 bits per heavy atom. The number of alkyl halides is 3. The van der Waals surface area contributed by atoms with E-state index in [0.29, 0.717) is 49.5 Å². The molecule has 2 aliphatic heterocycles. The monoisotopic (exact) mass is 570 g/mol. The quantitative estimate of drug-likeness (QED) is 0.427. The minimum atomic E-state index is -4.52. The lowest BCUT2D eigenvalue weighted by Gasteiger charge is -2.33. The second-order valence-electron chi connectivity index (χ2n) is 8.48. The number of rotatable bonds is 2. The van der Waals surface area contributed by atoms with E-state index in [-0.39, 0.29) is 11.5 Å². The summed E-state index contributed by atoms with van der Waals surface area (Å²) in [6, 6.07) is 2.90. The molecule has 5 rings (SSSR count). The van der Waals surface area contributed by atoms with Crippen LogP contribution >= 0.6 is 22.9 Å². The maximum atomic E-state index is 14.1. The first-order valence-electron chi connectivity index (χ1n) is 10.7. The molecule has 2 aromatic heterocycles. The lowest BCUT2D eigenvalue weighted by atomic mass is 9.92. The lowest BCUT2D eigenvalue weighted by molar-refractivity contribution is -0.137. The number of aryl methyl sites for hydroxylation is 2. The summed E-state index contributed by atoms with van der Waals surface area (Å²) in [4.78, 5) is 15.6. The SMILES string of the molecule is CC(=O)N1CCc2c(c(N3CCCc4cc(-c5cnn(C)c5)c(C(F)(F)F)cc43)nn2I)C1. The van der Waals surface area contributed by atoms with Crippen LogP contribution in [0.25, 0.3) is 11.1 Å². The van der Waals surface area contributed by atoms with Crippen molar-refractivity contribution in [1.82, 2.24) is 22.7 Å². The van der Waals surface area contributed by atoms with Gasteiger partial charge in [0.1, 0.15) is 0 Å². The fraction of sp³-hybridized carbons (Fsp3) is 0.409. The summed E-state index contributed by atoms with van der Waals surface area (Å²) in [7, 11) is 1.69. The minimum absolute atomic E-state index is 0.0210. The van der Waals surface area contributed by atoms with E-state index in [0.717, 1.165) is 23.2 Å². The number of amides is 1. The molecule has 0 fully saturated rings. The Hall–Kier alpha value is -2.57. The van der Waals surface area contributed by atoms with E-state index in [2.05, 4.69) is 33.1 Å². The highest BCUT2D eigenvalue weighted by Gasteiger charge is 2.37. The fourth-order valence-electron chi connectivity index (χ4n) is 4.73. The van der Waals surface area contributed by atoms with Crippen LogP contribution in [0, 0.1) is 0 Å². The molecule has 4 heterocycles. The molecule has 0 bridgehead atoms. The number of anilines is 2. The predicted molar refractivity (Wildman–Crippen MR) is 125 cm³/mol. The number of benzene rings is 1. The molecule has 0 N–H and O–H groups in total. The highest BCUT2D eigenvalue weighted by Crippen LogP contribution is 2.45. The Bertz CT molecular complexity index is 1250. The number of carbonyl (C=O) groups excluding carboxylic acids is 1. The van der Waals surface area contributed by atoms with Gasteiger partial charge in [-0.1, -0.05) is 0 Å². The third-order valence-electron chi connectivity index (χ3n) is 6.35. The molecule has 11 heteroatoms. The Labute approximate surface area is 202 Å². The van der Waals surface area contributed by atoms with Crippen molar-refractivity contribution in [3.63, 3.8) is 0 Å². The van der Waals surface area contributed by atoms with Crippen molar-refractivity contribution in [1.29, 1.82) is 0 Å². The molecule has 0 unspecified atom stereocenters. The molecule has 0 atom stereocenters. The molecule has 0 spiro atoms. The van der Waals surface area contributed by atoms with Gasteiger partial charge in [0.25, 0.3) is 0 Å². The fourth-order valence-corrected chi connectivity index (χ4v) is 5.47. The van der Waals surface area contributed by atoms with Crippen LogP contribution in [0.1, 0.15) is 35.7 Å². The van der Waals surface area contributed by atoms with Gasteiger partial charge in [0.15, 0.2) is 5.82 Å². The normalized spacial score (nSPS) is 16.1. The average Bonchev–Trinajstić information content (AvgIpc) is 3.34. The van der Waals surface area contributed by atoms with E-state index in [1.807, 2.05) is 4.90 Å². The van der Waals surface area contributed by atoms with Crippen molar-refractivity contribution in [3.05, 3.63) is 46.9 Å². The molecule has 0 aliphatic carbocycles. The van der Waals surface area contributed by atoms with Gasteiger partial charge in [0, 0.05) is 56.5 Å². The molecule has 0 saturated heterocycles. The first kappa shape index (κ1) is 22.2. The summed E-state index contributed by atoms with van der Waals surface area (Å²) in [5.41, 5.74) is 3.19. The minimum Gasteiger partial charge on any atom is -0.338 e. The average molecular weight is 570 g/mol. The van der Waals surface area contributed by atoms with Crippen LogP contribution in [0.4, 0.5) is 24.7 Å². The van der Waals surface area contributed by atoms with Crippen molar-refractivity contribution in [2.75, 3.05) is 18.0 Å². The summed E-state index contributed by atoms with van der Waals surface area (Å²) in [6.07, 6.45) is 0.689. The first-order valence-corrected chi connectivity index (χ1v) is 11.6. The van der Waals surface area contributed by atoms with Gasteiger partial charge < -0.3 is 9.80 Å². The number of nitrogens with zero attached hydrogens (tertiary/aromatic N) is 6. The number of hydrogen-bond donors (Lipinski definition) is 0. The van der Waals surface area contributed by atoms with Gasteiger partial charge in [-0.25, -0.2) is 2.90 Å². The van der Waals surface area contributed by atoms with Crippen LogP contribution in [-0.2, 0) is 37.4 Å². The summed E-state index contributed by atoms with van der Waals surface area (Å²) in [5.74, 6) is 0.612. The summed E-state index contributed by atoms with van der Waals surface area (Å²) in [5, 5.41) is 8.74. The van der Waals surface area contributed by atoms with Gasteiger partial charge in [0.05, 0.1) is 46.9 Å². The van der Waals surface area contributed by atoms with Gasteiger partial charge >= 0.3 is 6.18 Å². The second kappa shape index (κ2) is 8.03. The van der Waals surface area contributed by atoms with E-state index in [1.165, 1.54) is 23.9 Å². The molecule has 1 aromatic carbocycles. The zero-order valence-corrected chi connectivity index (χ0v) is 20.3. The van der Waals surface area contributed by atoms with Crippen molar-refractivity contribution in [2.24, 2.45) is 7.05 Å². The number of hydrogen-bond acceptors (Lipinski definition) is 4. The van der Waals surface area contributed by atoms with Crippen LogP contribution in [0.15, 0.2) is 24.5 Å². The second-order valence-corrected chi connectivity index (χ2v) is 9.40. The smallest absolute Gasteiger partial charge is 0.338 e. The van der Waals surface area contributed by atoms with E-state index in [1.54, 1.807) is 27.1 Å². The number of fused-ring (bicyclic) bond motifs is 2. The Balaban J connectivity index is 1.65. The van der Waals surface area contributed by atoms with Crippen LogP contribution in [-0.4, -0.2) is 41.7 Å². The van der Waals surface area contributed by atoms with Crippen molar-refractivity contribution >= 4 is 40.3 Å². The molecule has 2 aliphatic rings.